The molecule has 2 rings (SSSR count). The number of fused-ring (bicyclic) bond motifs is 1. The molecule has 4 nitrogen and oxygen atoms in total. The summed E-state index contributed by atoms with van der Waals surface area (Å²) in [6.07, 6.45) is 0.961. The first kappa shape index (κ1) is 13.9. The molecule has 0 spiro atoms. The van der Waals surface area contributed by atoms with Crippen molar-refractivity contribution >= 4 is 23.6 Å². The summed E-state index contributed by atoms with van der Waals surface area (Å²) in [6, 6.07) is 7.09. The fourth-order valence-corrected chi connectivity index (χ4v) is 3.43. The van der Waals surface area contributed by atoms with Gasteiger partial charge in [0, 0.05) is 7.05 Å². The van der Waals surface area contributed by atoms with Gasteiger partial charge in [-0.1, -0.05) is 24.3 Å². The molecule has 0 aromatic heterocycles. The molecule has 1 aliphatic rings. The van der Waals surface area contributed by atoms with Crippen LogP contribution in [0.2, 0.25) is 0 Å². The number of thioether (sulfide) groups is 1. The molecule has 2 atom stereocenters. The van der Waals surface area contributed by atoms with Gasteiger partial charge in [0.2, 0.25) is 5.91 Å². The van der Waals surface area contributed by atoms with Crippen LogP contribution in [-0.4, -0.2) is 40.7 Å². The van der Waals surface area contributed by atoms with Gasteiger partial charge in [-0.15, -0.1) is 11.8 Å². The maximum atomic E-state index is 12.4. The fraction of sp³-hybridized carbons (Fsp3) is 0.429. The number of carboxylic acids is 1. The first-order chi connectivity index (χ1) is 9.02. The van der Waals surface area contributed by atoms with E-state index in [1.54, 1.807) is 18.8 Å². The number of aryl methyl sites for hydroxylation is 1. The number of aliphatic carboxylic acids is 1. The second kappa shape index (κ2) is 5.65. The van der Waals surface area contributed by atoms with Gasteiger partial charge in [0.1, 0.15) is 11.3 Å². The minimum atomic E-state index is -0.982. The van der Waals surface area contributed by atoms with E-state index in [1.165, 1.54) is 17.4 Å². The average Bonchev–Trinajstić information content (AvgIpc) is 2.44. The number of hydrogen-bond acceptors (Lipinski definition) is 3. The Morgan fingerprint density at radius 1 is 1.42 bits per heavy atom. The molecule has 0 radical (unpaired) electrons. The number of benzene rings is 1. The summed E-state index contributed by atoms with van der Waals surface area (Å²) >= 11 is 1.59. The molecule has 5 heteroatoms. The number of likely N-dealkylation sites (N-methyl/N-ethyl adjacent to an activating group) is 1. The minimum absolute atomic E-state index is 0.132. The molecule has 19 heavy (non-hydrogen) atoms. The van der Waals surface area contributed by atoms with Crippen LogP contribution in [0.25, 0.3) is 0 Å². The Hall–Kier alpha value is -1.49. The van der Waals surface area contributed by atoms with Crippen molar-refractivity contribution in [3.8, 4) is 0 Å². The van der Waals surface area contributed by atoms with Crippen molar-refractivity contribution in [2.24, 2.45) is 0 Å². The van der Waals surface area contributed by atoms with Crippen molar-refractivity contribution in [3.05, 3.63) is 35.4 Å². The first-order valence-electron chi connectivity index (χ1n) is 6.21. The minimum Gasteiger partial charge on any atom is -0.480 e. The van der Waals surface area contributed by atoms with Gasteiger partial charge >= 0.3 is 5.97 Å². The van der Waals surface area contributed by atoms with Crippen molar-refractivity contribution in [1.29, 1.82) is 0 Å². The highest BCUT2D eigenvalue weighted by molar-refractivity contribution is 8.00. The van der Waals surface area contributed by atoms with Crippen molar-refractivity contribution in [1.82, 2.24) is 4.90 Å². The lowest BCUT2D eigenvalue weighted by Crippen LogP contribution is -2.42. The van der Waals surface area contributed by atoms with E-state index in [1.807, 2.05) is 24.3 Å². The van der Waals surface area contributed by atoms with Gasteiger partial charge in [0.15, 0.2) is 0 Å². The van der Waals surface area contributed by atoms with Crippen LogP contribution in [0.4, 0.5) is 0 Å². The topological polar surface area (TPSA) is 57.6 Å². The third-order valence-electron chi connectivity index (χ3n) is 3.50. The molecule has 0 bridgehead atoms. The Kier molecular flexibility index (Phi) is 4.14. The maximum absolute atomic E-state index is 12.4. The molecule has 0 unspecified atom stereocenters. The Morgan fingerprint density at radius 2 is 2.11 bits per heavy atom. The molecule has 1 aliphatic heterocycles. The fourth-order valence-electron chi connectivity index (χ4n) is 2.14. The van der Waals surface area contributed by atoms with E-state index in [0.717, 1.165) is 17.7 Å². The molecule has 102 valence electrons. The Morgan fingerprint density at radius 3 is 2.79 bits per heavy atom. The predicted molar refractivity (Wildman–Crippen MR) is 75.2 cm³/mol. The normalized spacial score (nSPS) is 19.4. The highest BCUT2D eigenvalue weighted by atomic mass is 32.2. The number of carbonyl (C=O) groups is 2. The van der Waals surface area contributed by atoms with Crippen LogP contribution < -0.4 is 0 Å². The zero-order valence-electron chi connectivity index (χ0n) is 11.0. The molecular formula is C14H17NO3S. The molecule has 1 N–H and O–H groups in total. The largest absolute Gasteiger partial charge is 0.480 e. The molecule has 1 heterocycles. The van der Waals surface area contributed by atoms with Crippen LogP contribution in [0.3, 0.4) is 0 Å². The Bertz CT molecular complexity index is 503. The van der Waals surface area contributed by atoms with E-state index in [2.05, 4.69) is 0 Å². The first-order valence-corrected chi connectivity index (χ1v) is 7.26. The quantitative estimate of drug-likeness (QED) is 0.918. The summed E-state index contributed by atoms with van der Waals surface area (Å²) in [4.78, 5) is 24.7. The monoisotopic (exact) mass is 279 g/mol. The number of carbonyl (C=O) groups excluding carboxylic acids is 1. The number of rotatable bonds is 3. The van der Waals surface area contributed by atoms with Gasteiger partial charge in [0.05, 0.1) is 0 Å². The van der Waals surface area contributed by atoms with Crippen molar-refractivity contribution < 1.29 is 14.7 Å². The molecule has 0 fully saturated rings. The number of hydrogen-bond donors (Lipinski definition) is 1. The van der Waals surface area contributed by atoms with Crippen molar-refractivity contribution in [2.75, 3.05) is 12.8 Å². The molecule has 1 amide bonds. The van der Waals surface area contributed by atoms with E-state index < -0.39 is 12.0 Å². The van der Waals surface area contributed by atoms with E-state index >= 15 is 0 Å². The number of carboxylic acid groups (broad SMARTS) is 1. The lowest BCUT2D eigenvalue weighted by molar-refractivity contribution is -0.148. The van der Waals surface area contributed by atoms with E-state index in [0.29, 0.717) is 0 Å². The zero-order chi connectivity index (χ0) is 14.0. The highest BCUT2D eigenvalue weighted by Crippen LogP contribution is 2.37. The van der Waals surface area contributed by atoms with Crippen molar-refractivity contribution in [3.63, 3.8) is 0 Å². The van der Waals surface area contributed by atoms with E-state index in [-0.39, 0.29) is 11.2 Å². The molecular weight excluding hydrogens is 262 g/mol. The second-order valence-corrected chi connectivity index (χ2v) is 5.88. The van der Waals surface area contributed by atoms with Gasteiger partial charge in [-0.25, -0.2) is 4.79 Å². The van der Waals surface area contributed by atoms with Gasteiger partial charge in [-0.3, -0.25) is 4.79 Å². The SMILES string of the molecule is C[C@H](C(=O)O)N(C)C(=O)[C@@H]1SCCc2ccccc21. The Labute approximate surface area is 116 Å². The predicted octanol–water partition coefficient (Wildman–Crippen LogP) is 1.95. The van der Waals surface area contributed by atoms with Crippen LogP contribution in [-0.2, 0) is 16.0 Å². The third kappa shape index (κ3) is 2.76. The summed E-state index contributed by atoms with van der Waals surface area (Å²) < 4.78 is 0. The van der Waals surface area contributed by atoms with E-state index in [4.69, 9.17) is 5.11 Å². The van der Waals surface area contributed by atoms with E-state index in [9.17, 15) is 9.59 Å². The van der Waals surface area contributed by atoms with Crippen LogP contribution >= 0.6 is 11.8 Å². The molecule has 0 saturated carbocycles. The smallest absolute Gasteiger partial charge is 0.326 e. The standard InChI is InChI=1S/C14H17NO3S/c1-9(14(17)18)15(2)13(16)12-11-6-4-3-5-10(11)7-8-19-12/h3-6,9,12H,7-8H2,1-2H3,(H,17,18)/t9-,12-/m1/s1. The van der Waals surface area contributed by atoms with Gasteiger partial charge in [0.25, 0.3) is 0 Å². The maximum Gasteiger partial charge on any atom is 0.326 e. The average molecular weight is 279 g/mol. The van der Waals surface area contributed by atoms with Crippen LogP contribution in [0.15, 0.2) is 24.3 Å². The van der Waals surface area contributed by atoms with Crippen LogP contribution in [0, 0.1) is 0 Å². The van der Waals surface area contributed by atoms with Crippen LogP contribution in [0.5, 0.6) is 0 Å². The van der Waals surface area contributed by atoms with Gasteiger partial charge < -0.3 is 10.0 Å². The lowest BCUT2D eigenvalue weighted by Gasteiger charge is -2.30. The summed E-state index contributed by atoms with van der Waals surface area (Å²) in [5.74, 6) is -0.222. The molecule has 0 aliphatic carbocycles. The summed E-state index contributed by atoms with van der Waals surface area (Å²) in [6.45, 7) is 1.53. The van der Waals surface area contributed by atoms with Crippen molar-refractivity contribution in [2.45, 2.75) is 24.6 Å². The van der Waals surface area contributed by atoms with Crippen LogP contribution in [0.1, 0.15) is 23.3 Å². The molecule has 0 saturated heterocycles. The Balaban J connectivity index is 2.24. The number of nitrogens with zero attached hydrogens (tertiary/aromatic N) is 1. The summed E-state index contributed by atoms with van der Waals surface area (Å²) in [5.41, 5.74) is 2.21. The zero-order valence-corrected chi connectivity index (χ0v) is 11.8. The lowest BCUT2D eigenvalue weighted by atomic mass is 10.0. The summed E-state index contributed by atoms with van der Waals surface area (Å²) in [5, 5.41) is 8.71. The summed E-state index contributed by atoms with van der Waals surface area (Å²) in [7, 11) is 1.55. The third-order valence-corrected chi connectivity index (χ3v) is 4.73. The molecule has 1 aromatic carbocycles. The van der Waals surface area contributed by atoms with Gasteiger partial charge in [-0.05, 0) is 30.2 Å². The highest BCUT2D eigenvalue weighted by Gasteiger charge is 2.32. The number of amides is 1. The second-order valence-electron chi connectivity index (χ2n) is 4.66. The van der Waals surface area contributed by atoms with Gasteiger partial charge in [-0.2, -0.15) is 0 Å². The molecule has 1 aromatic rings.